The van der Waals surface area contributed by atoms with Crippen LogP contribution in [0, 0.1) is 11.3 Å². The second-order valence-electron chi connectivity index (χ2n) is 6.12. The van der Waals surface area contributed by atoms with Gasteiger partial charge in [0.1, 0.15) is 6.07 Å². The molecular weight excluding hydrogens is 388 g/mol. The van der Waals surface area contributed by atoms with Crippen LogP contribution in [0.3, 0.4) is 0 Å². The zero-order valence-electron chi connectivity index (χ0n) is 14.7. The highest BCUT2D eigenvalue weighted by atomic mass is 35.5. The molecule has 0 unspecified atom stereocenters. The van der Waals surface area contributed by atoms with E-state index < -0.39 is 0 Å². The van der Waals surface area contributed by atoms with Gasteiger partial charge in [-0.2, -0.15) is 5.26 Å². The van der Waals surface area contributed by atoms with Gasteiger partial charge in [-0.15, -0.1) is 0 Å². The van der Waals surface area contributed by atoms with Gasteiger partial charge in [0.15, 0.2) is 0 Å². The van der Waals surface area contributed by atoms with Crippen LogP contribution in [0.4, 0.5) is 17.1 Å². The van der Waals surface area contributed by atoms with Crippen molar-refractivity contribution < 1.29 is 0 Å². The first-order valence-corrected chi connectivity index (χ1v) is 9.71. The summed E-state index contributed by atoms with van der Waals surface area (Å²) >= 11 is 8.11. The highest BCUT2D eigenvalue weighted by Crippen LogP contribution is 2.36. The first kappa shape index (κ1) is 18.2. The molecule has 1 heterocycles. The number of nitrogen functional groups attached to an aromatic ring is 1. The molecule has 28 heavy (non-hydrogen) atoms. The van der Waals surface area contributed by atoms with Gasteiger partial charge in [0, 0.05) is 32.7 Å². The monoisotopic (exact) mass is 402 g/mol. The van der Waals surface area contributed by atoms with Gasteiger partial charge in [-0.05, 0) is 48.5 Å². The predicted molar refractivity (Wildman–Crippen MR) is 116 cm³/mol. The zero-order valence-corrected chi connectivity index (χ0v) is 16.3. The second-order valence-corrected chi connectivity index (χ2v) is 7.64. The summed E-state index contributed by atoms with van der Waals surface area (Å²) in [7, 11) is 0. The molecule has 4 rings (SSSR count). The third-order valence-electron chi connectivity index (χ3n) is 4.18. The van der Waals surface area contributed by atoms with E-state index in [1.807, 2.05) is 60.7 Å². The topological polar surface area (TPSA) is 74.7 Å². The van der Waals surface area contributed by atoms with Crippen LogP contribution < -0.4 is 11.1 Å². The van der Waals surface area contributed by atoms with Crippen LogP contribution in [0.5, 0.6) is 0 Å². The molecular formula is C22H15ClN4S. The van der Waals surface area contributed by atoms with Crippen molar-refractivity contribution in [1.82, 2.24) is 4.98 Å². The lowest BCUT2D eigenvalue weighted by Gasteiger charge is -2.13. The number of fused-ring (bicyclic) bond motifs is 1. The zero-order chi connectivity index (χ0) is 19.5. The lowest BCUT2D eigenvalue weighted by Crippen LogP contribution is -1.98. The van der Waals surface area contributed by atoms with Gasteiger partial charge in [0.25, 0.3) is 0 Å². The van der Waals surface area contributed by atoms with Crippen LogP contribution in [0.15, 0.2) is 82.7 Å². The Hall–Kier alpha value is -3.20. The molecule has 0 saturated heterocycles. The van der Waals surface area contributed by atoms with Gasteiger partial charge < -0.3 is 11.1 Å². The average molecular weight is 403 g/mol. The van der Waals surface area contributed by atoms with Crippen LogP contribution in [0.1, 0.15) is 5.56 Å². The van der Waals surface area contributed by atoms with E-state index in [1.54, 1.807) is 24.0 Å². The molecule has 4 aromatic rings. The molecule has 0 fully saturated rings. The molecule has 4 nitrogen and oxygen atoms in total. The summed E-state index contributed by atoms with van der Waals surface area (Å²) in [5.41, 5.74) is 9.20. The minimum atomic E-state index is 0.442. The largest absolute Gasteiger partial charge is 0.399 e. The highest BCUT2D eigenvalue weighted by Gasteiger charge is 2.11. The van der Waals surface area contributed by atoms with Gasteiger partial charge in [0.2, 0.25) is 0 Å². The Morgan fingerprint density at radius 3 is 2.61 bits per heavy atom. The van der Waals surface area contributed by atoms with E-state index in [0.29, 0.717) is 22.0 Å². The Morgan fingerprint density at radius 1 is 1.04 bits per heavy atom. The number of pyridine rings is 1. The lowest BCUT2D eigenvalue weighted by atomic mass is 10.1. The molecule has 3 aromatic carbocycles. The fraction of sp³-hybridized carbons (Fsp3) is 0. The van der Waals surface area contributed by atoms with Crippen LogP contribution in [0.25, 0.3) is 10.9 Å². The molecule has 1 aromatic heterocycles. The summed E-state index contributed by atoms with van der Waals surface area (Å²) < 4.78 is 0. The van der Waals surface area contributed by atoms with Crippen molar-refractivity contribution in [2.24, 2.45) is 0 Å². The quantitative estimate of drug-likeness (QED) is 0.395. The minimum Gasteiger partial charge on any atom is -0.399 e. The minimum absolute atomic E-state index is 0.442. The molecule has 0 aliphatic heterocycles. The van der Waals surface area contributed by atoms with E-state index in [-0.39, 0.29) is 0 Å². The third kappa shape index (κ3) is 3.74. The molecule has 0 amide bonds. The number of nitriles is 1. The van der Waals surface area contributed by atoms with Crippen LogP contribution in [-0.4, -0.2) is 4.98 Å². The van der Waals surface area contributed by atoms with Crippen molar-refractivity contribution in [2.45, 2.75) is 9.79 Å². The molecule has 0 atom stereocenters. The number of anilines is 3. The van der Waals surface area contributed by atoms with Crippen LogP contribution >= 0.6 is 23.4 Å². The number of aromatic nitrogens is 1. The van der Waals surface area contributed by atoms with Crippen molar-refractivity contribution in [2.75, 3.05) is 11.1 Å². The van der Waals surface area contributed by atoms with E-state index in [0.717, 1.165) is 26.4 Å². The van der Waals surface area contributed by atoms with Crippen molar-refractivity contribution >= 4 is 51.3 Å². The summed E-state index contributed by atoms with van der Waals surface area (Å²) in [6.07, 6.45) is 1.56. The van der Waals surface area contributed by atoms with Crippen LogP contribution in [0.2, 0.25) is 5.02 Å². The molecule has 0 aliphatic carbocycles. The summed E-state index contributed by atoms with van der Waals surface area (Å²) in [4.78, 5) is 6.41. The number of rotatable bonds is 4. The Morgan fingerprint density at radius 2 is 1.86 bits per heavy atom. The second kappa shape index (κ2) is 7.81. The molecule has 0 aliphatic rings. The standard InChI is InChI=1S/C22H15ClN4S/c23-19-11-16(7-9-21(19)28-17-4-2-1-3-5-17)27-22-14(12-24)13-26-20-8-6-15(25)10-18(20)22/h1-11,13H,25H2,(H,26,27). The normalized spacial score (nSPS) is 10.6. The number of nitrogens with zero attached hydrogens (tertiary/aromatic N) is 2. The fourth-order valence-corrected chi connectivity index (χ4v) is 3.99. The number of nitrogens with two attached hydrogens (primary N) is 1. The summed E-state index contributed by atoms with van der Waals surface area (Å²) in [5.74, 6) is 0. The number of benzene rings is 3. The fourth-order valence-electron chi connectivity index (χ4n) is 2.85. The molecule has 0 saturated carbocycles. The molecule has 6 heteroatoms. The predicted octanol–water partition coefficient (Wildman–Crippen LogP) is 6.24. The average Bonchev–Trinajstić information content (AvgIpc) is 2.71. The smallest absolute Gasteiger partial charge is 0.103 e. The Balaban J connectivity index is 1.69. The molecule has 0 spiro atoms. The first-order chi connectivity index (χ1) is 13.6. The number of halogens is 1. The van der Waals surface area contributed by atoms with E-state index in [1.165, 1.54) is 0 Å². The van der Waals surface area contributed by atoms with E-state index in [4.69, 9.17) is 17.3 Å². The SMILES string of the molecule is N#Cc1cnc2ccc(N)cc2c1Nc1ccc(Sc2ccccc2)c(Cl)c1. The summed E-state index contributed by atoms with van der Waals surface area (Å²) in [6.45, 7) is 0. The molecule has 0 radical (unpaired) electrons. The van der Waals surface area contributed by atoms with Crippen molar-refractivity contribution in [3.05, 3.63) is 83.5 Å². The Bertz CT molecular complexity index is 1200. The molecule has 0 bridgehead atoms. The maximum Gasteiger partial charge on any atom is 0.103 e. The van der Waals surface area contributed by atoms with Crippen molar-refractivity contribution in [1.29, 1.82) is 5.26 Å². The summed E-state index contributed by atoms with van der Waals surface area (Å²) in [5, 5.41) is 14.2. The summed E-state index contributed by atoms with van der Waals surface area (Å²) in [6, 6.07) is 23.4. The van der Waals surface area contributed by atoms with Gasteiger partial charge in [-0.3, -0.25) is 4.98 Å². The number of hydrogen-bond donors (Lipinski definition) is 2. The van der Waals surface area contributed by atoms with Gasteiger partial charge in [0.05, 0.1) is 21.8 Å². The van der Waals surface area contributed by atoms with E-state index >= 15 is 0 Å². The third-order valence-corrected chi connectivity index (χ3v) is 5.69. The van der Waals surface area contributed by atoms with Gasteiger partial charge in [-0.1, -0.05) is 41.6 Å². The maximum absolute atomic E-state index is 9.50. The Kier molecular flexibility index (Phi) is 5.07. The van der Waals surface area contributed by atoms with Crippen molar-refractivity contribution in [3.63, 3.8) is 0 Å². The van der Waals surface area contributed by atoms with Gasteiger partial charge >= 0.3 is 0 Å². The highest BCUT2D eigenvalue weighted by molar-refractivity contribution is 7.99. The first-order valence-electron chi connectivity index (χ1n) is 8.52. The lowest BCUT2D eigenvalue weighted by molar-refractivity contribution is 1.36. The maximum atomic E-state index is 9.50. The van der Waals surface area contributed by atoms with Crippen LogP contribution in [-0.2, 0) is 0 Å². The Labute approximate surface area is 172 Å². The molecule has 136 valence electrons. The van der Waals surface area contributed by atoms with E-state index in [2.05, 4.69) is 16.4 Å². The number of hydrogen-bond acceptors (Lipinski definition) is 5. The van der Waals surface area contributed by atoms with Crippen molar-refractivity contribution in [3.8, 4) is 6.07 Å². The number of nitrogens with one attached hydrogen (secondary N) is 1. The molecule has 3 N–H and O–H groups in total. The van der Waals surface area contributed by atoms with E-state index in [9.17, 15) is 5.26 Å². The van der Waals surface area contributed by atoms with Gasteiger partial charge in [-0.25, -0.2) is 0 Å².